The highest BCUT2D eigenvalue weighted by Crippen LogP contribution is 2.17. The average Bonchev–Trinajstić information content (AvgIpc) is 2.35. The van der Waals surface area contributed by atoms with Gasteiger partial charge in [0, 0.05) is 19.2 Å². The lowest BCUT2D eigenvalue weighted by molar-refractivity contribution is -0.122. The van der Waals surface area contributed by atoms with Crippen LogP contribution in [0.2, 0.25) is 0 Å². The van der Waals surface area contributed by atoms with Crippen molar-refractivity contribution in [3.63, 3.8) is 0 Å². The van der Waals surface area contributed by atoms with Crippen molar-refractivity contribution in [2.75, 3.05) is 11.9 Å². The Bertz CT molecular complexity index is 324. The minimum Gasteiger partial charge on any atom is -0.300 e. The molecule has 1 atom stereocenters. The molecule has 1 amide bonds. The van der Waals surface area contributed by atoms with Gasteiger partial charge in [-0.3, -0.25) is 9.69 Å². The van der Waals surface area contributed by atoms with E-state index in [2.05, 4.69) is 18.8 Å². The molecule has 1 heterocycles. The number of aromatic nitrogens is 1. The predicted octanol–water partition coefficient (Wildman–Crippen LogP) is 2.87. The topological polar surface area (TPSA) is 33.2 Å². The molecule has 1 rings (SSSR count). The van der Waals surface area contributed by atoms with Crippen molar-refractivity contribution in [1.82, 2.24) is 4.98 Å². The maximum atomic E-state index is 12.2. The second-order valence-electron chi connectivity index (χ2n) is 3.98. The number of amides is 1. The lowest BCUT2D eigenvalue weighted by Gasteiger charge is -2.21. The normalized spacial score (nSPS) is 12.2. The van der Waals surface area contributed by atoms with E-state index in [9.17, 15) is 4.79 Å². The van der Waals surface area contributed by atoms with Gasteiger partial charge in [0.25, 0.3) is 0 Å². The van der Waals surface area contributed by atoms with Crippen LogP contribution in [0.3, 0.4) is 0 Å². The Kier molecular flexibility index (Phi) is 4.96. The monoisotopic (exact) mass is 220 g/mol. The summed E-state index contributed by atoms with van der Waals surface area (Å²) in [4.78, 5) is 18.0. The fourth-order valence-electron chi connectivity index (χ4n) is 1.79. The number of hydrogen-bond donors (Lipinski definition) is 0. The third kappa shape index (κ3) is 3.05. The molecule has 1 aromatic rings. The molecule has 0 saturated heterocycles. The lowest BCUT2D eigenvalue weighted by atomic mass is 9.99. The van der Waals surface area contributed by atoms with Crippen LogP contribution in [0.25, 0.3) is 0 Å². The van der Waals surface area contributed by atoms with Crippen LogP contribution in [-0.2, 0) is 4.79 Å². The van der Waals surface area contributed by atoms with Gasteiger partial charge in [0.2, 0.25) is 5.91 Å². The van der Waals surface area contributed by atoms with E-state index in [4.69, 9.17) is 0 Å². The van der Waals surface area contributed by atoms with Crippen molar-refractivity contribution in [3.05, 3.63) is 24.4 Å². The first-order valence-corrected chi connectivity index (χ1v) is 5.89. The van der Waals surface area contributed by atoms with Crippen molar-refractivity contribution >= 4 is 11.7 Å². The van der Waals surface area contributed by atoms with Crippen molar-refractivity contribution in [3.8, 4) is 0 Å². The largest absolute Gasteiger partial charge is 0.300 e. The summed E-state index contributed by atoms with van der Waals surface area (Å²) in [7, 11) is 1.79. The Labute approximate surface area is 97.5 Å². The molecule has 3 heteroatoms. The van der Waals surface area contributed by atoms with E-state index in [0.717, 1.165) is 25.1 Å². The molecular formula is C13H20N2O. The van der Waals surface area contributed by atoms with Gasteiger partial charge in [-0.05, 0) is 25.0 Å². The Hall–Kier alpha value is -1.38. The van der Waals surface area contributed by atoms with Gasteiger partial charge in [-0.25, -0.2) is 4.98 Å². The molecule has 0 aliphatic heterocycles. The summed E-state index contributed by atoms with van der Waals surface area (Å²) in [6.07, 6.45) is 4.59. The third-order valence-corrected chi connectivity index (χ3v) is 2.80. The standard InChI is InChI=1S/C13H20N2O/c1-4-8-11(5-2)13(16)15(3)12-9-6-7-10-14-12/h6-7,9-11H,4-5,8H2,1-3H3. The summed E-state index contributed by atoms with van der Waals surface area (Å²) >= 11 is 0. The zero-order chi connectivity index (χ0) is 12.0. The van der Waals surface area contributed by atoms with Gasteiger partial charge in [-0.1, -0.05) is 26.3 Å². The highest BCUT2D eigenvalue weighted by Gasteiger charge is 2.20. The lowest BCUT2D eigenvalue weighted by Crippen LogP contribution is -2.33. The van der Waals surface area contributed by atoms with Gasteiger partial charge < -0.3 is 0 Å². The van der Waals surface area contributed by atoms with E-state index in [0.29, 0.717) is 0 Å². The molecule has 0 bridgehead atoms. The van der Waals surface area contributed by atoms with Crippen molar-refractivity contribution in [2.24, 2.45) is 5.92 Å². The maximum Gasteiger partial charge on any atom is 0.230 e. The summed E-state index contributed by atoms with van der Waals surface area (Å²) in [6.45, 7) is 4.17. The Balaban J connectivity index is 2.73. The fourth-order valence-corrected chi connectivity index (χ4v) is 1.79. The Morgan fingerprint density at radius 1 is 1.44 bits per heavy atom. The quantitative estimate of drug-likeness (QED) is 0.764. The minimum atomic E-state index is 0.122. The van der Waals surface area contributed by atoms with E-state index in [-0.39, 0.29) is 11.8 Å². The second-order valence-corrected chi connectivity index (χ2v) is 3.98. The minimum absolute atomic E-state index is 0.122. The molecule has 88 valence electrons. The van der Waals surface area contributed by atoms with E-state index >= 15 is 0 Å². The number of pyridine rings is 1. The number of rotatable bonds is 5. The summed E-state index contributed by atoms with van der Waals surface area (Å²) < 4.78 is 0. The van der Waals surface area contributed by atoms with E-state index < -0.39 is 0 Å². The summed E-state index contributed by atoms with van der Waals surface area (Å²) in [5.74, 6) is 1.02. The number of carbonyl (C=O) groups is 1. The summed E-state index contributed by atoms with van der Waals surface area (Å²) in [5.41, 5.74) is 0. The van der Waals surface area contributed by atoms with Crippen LogP contribution in [0.15, 0.2) is 24.4 Å². The zero-order valence-corrected chi connectivity index (χ0v) is 10.3. The molecule has 0 saturated carbocycles. The number of anilines is 1. The van der Waals surface area contributed by atoms with Crippen LogP contribution in [0.4, 0.5) is 5.82 Å². The van der Waals surface area contributed by atoms with Crippen LogP contribution in [0.1, 0.15) is 33.1 Å². The molecule has 16 heavy (non-hydrogen) atoms. The van der Waals surface area contributed by atoms with Gasteiger partial charge in [0.05, 0.1) is 0 Å². The third-order valence-electron chi connectivity index (χ3n) is 2.80. The van der Waals surface area contributed by atoms with E-state index in [1.807, 2.05) is 18.2 Å². The molecule has 0 aliphatic carbocycles. The number of nitrogens with zero attached hydrogens (tertiary/aromatic N) is 2. The van der Waals surface area contributed by atoms with Gasteiger partial charge in [-0.15, -0.1) is 0 Å². The van der Waals surface area contributed by atoms with Gasteiger partial charge in [0.15, 0.2) is 0 Å². The van der Waals surface area contributed by atoms with E-state index in [1.54, 1.807) is 18.1 Å². The molecule has 0 N–H and O–H groups in total. The average molecular weight is 220 g/mol. The van der Waals surface area contributed by atoms with Crippen molar-refractivity contribution in [1.29, 1.82) is 0 Å². The molecule has 0 fully saturated rings. The highest BCUT2D eigenvalue weighted by molar-refractivity contribution is 5.93. The number of carbonyl (C=O) groups excluding carboxylic acids is 1. The van der Waals surface area contributed by atoms with Crippen LogP contribution in [0, 0.1) is 5.92 Å². The Morgan fingerprint density at radius 3 is 2.69 bits per heavy atom. The SMILES string of the molecule is CCCC(CC)C(=O)N(C)c1ccccn1. The van der Waals surface area contributed by atoms with Crippen LogP contribution in [0.5, 0.6) is 0 Å². The molecule has 0 spiro atoms. The number of hydrogen-bond acceptors (Lipinski definition) is 2. The molecule has 1 unspecified atom stereocenters. The van der Waals surface area contributed by atoms with Crippen LogP contribution in [-0.4, -0.2) is 17.9 Å². The molecule has 0 radical (unpaired) electrons. The van der Waals surface area contributed by atoms with Gasteiger partial charge in [-0.2, -0.15) is 0 Å². The second kappa shape index (κ2) is 6.26. The van der Waals surface area contributed by atoms with Gasteiger partial charge >= 0.3 is 0 Å². The molecule has 3 nitrogen and oxygen atoms in total. The molecule has 1 aromatic heterocycles. The smallest absolute Gasteiger partial charge is 0.230 e. The molecular weight excluding hydrogens is 200 g/mol. The van der Waals surface area contributed by atoms with Crippen molar-refractivity contribution < 1.29 is 4.79 Å². The first-order valence-electron chi connectivity index (χ1n) is 5.89. The summed E-state index contributed by atoms with van der Waals surface area (Å²) in [6, 6.07) is 5.61. The van der Waals surface area contributed by atoms with E-state index in [1.165, 1.54) is 0 Å². The van der Waals surface area contributed by atoms with Crippen LogP contribution >= 0.6 is 0 Å². The van der Waals surface area contributed by atoms with Crippen LogP contribution < -0.4 is 4.90 Å². The first-order chi connectivity index (χ1) is 7.70. The zero-order valence-electron chi connectivity index (χ0n) is 10.3. The summed E-state index contributed by atoms with van der Waals surface area (Å²) in [5, 5.41) is 0. The Morgan fingerprint density at radius 2 is 2.19 bits per heavy atom. The van der Waals surface area contributed by atoms with Crippen molar-refractivity contribution in [2.45, 2.75) is 33.1 Å². The highest BCUT2D eigenvalue weighted by atomic mass is 16.2. The predicted molar refractivity (Wildman–Crippen MR) is 66.3 cm³/mol. The maximum absolute atomic E-state index is 12.2. The fraction of sp³-hybridized carbons (Fsp3) is 0.538. The first kappa shape index (κ1) is 12.7. The van der Waals surface area contributed by atoms with Gasteiger partial charge in [0.1, 0.15) is 5.82 Å². The molecule has 0 aromatic carbocycles. The molecule has 0 aliphatic rings.